The van der Waals surface area contributed by atoms with Crippen LogP contribution in [0.5, 0.6) is 11.5 Å². The number of rotatable bonds is 10. The molecule has 4 aromatic rings. The Hall–Kier alpha value is -4.06. The van der Waals surface area contributed by atoms with Crippen LogP contribution in [0.4, 0.5) is 0 Å². The van der Waals surface area contributed by atoms with Gasteiger partial charge >= 0.3 is 0 Å². The smallest absolute Gasteiger partial charge is 0.119 e. The minimum Gasteiger partial charge on any atom is -0.492 e. The van der Waals surface area contributed by atoms with Gasteiger partial charge in [-0.3, -0.25) is 4.90 Å². The number of terminal acetylenes is 2. The van der Waals surface area contributed by atoms with Crippen LogP contribution in [0, 0.1) is 24.7 Å². The van der Waals surface area contributed by atoms with Crippen LogP contribution in [0.1, 0.15) is 30.9 Å². The van der Waals surface area contributed by atoms with Gasteiger partial charge in [0.15, 0.2) is 0 Å². The summed E-state index contributed by atoms with van der Waals surface area (Å²) < 4.78 is 13.1. The molecule has 0 aliphatic carbocycles. The molecular weight excluding hydrogens is 628 g/mol. The second kappa shape index (κ2) is 27.1. The predicted molar refractivity (Wildman–Crippen MR) is 193 cm³/mol. The summed E-state index contributed by atoms with van der Waals surface area (Å²) in [5.41, 5.74) is 9.71. The monoisotopic (exact) mass is 680 g/mol. The van der Waals surface area contributed by atoms with Gasteiger partial charge in [-0.15, -0.1) is 24.2 Å². The zero-order valence-corrected chi connectivity index (χ0v) is 27.4. The van der Waals surface area contributed by atoms with Crippen molar-refractivity contribution in [3.63, 3.8) is 0 Å². The maximum Gasteiger partial charge on any atom is 0.119 e. The number of fused-ring (bicyclic) bond motifs is 1. The van der Waals surface area contributed by atoms with Crippen LogP contribution in [-0.4, -0.2) is 87.6 Å². The van der Waals surface area contributed by atoms with Crippen LogP contribution >= 0.6 is 11.3 Å². The fraction of sp³-hybridized carbons (Fsp3) is 0.294. The molecule has 1 atom stereocenters. The molecule has 5 rings (SSSR count). The van der Waals surface area contributed by atoms with Gasteiger partial charge in [0.05, 0.1) is 0 Å². The van der Waals surface area contributed by atoms with Gasteiger partial charge in [-0.05, 0) is 116 Å². The largest absolute Gasteiger partial charge is 0.492 e. The number of nitrogens with zero attached hydrogens (tertiary/aromatic N) is 1. The Balaban J connectivity index is -0.000000465. The first kappa shape index (κ1) is 52.5. The molecule has 3 aromatic carbocycles. The van der Waals surface area contributed by atoms with E-state index >= 15 is 0 Å². The second-order valence-corrected chi connectivity index (χ2v) is 10.8. The molecule has 0 saturated carbocycles. The second-order valence-electron chi connectivity index (χ2n) is 9.73. The third-order valence-electron chi connectivity index (χ3n) is 6.59. The molecule has 1 fully saturated rings. The molecular formula is C34H52N2O10S. The number of hydrogen-bond donors (Lipinski definition) is 1. The highest BCUT2D eigenvalue weighted by molar-refractivity contribution is 7.22. The van der Waals surface area contributed by atoms with E-state index in [0.717, 1.165) is 31.1 Å². The van der Waals surface area contributed by atoms with E-state index in [2.05, 4.69) is 78.4 Å². The van der Waals surface area contributed by atoms with Gasteiger partial charge < -0.3 is 59.0 Å². The first-order valence-corrected chi connectivity index (χ1v) is 14.2. The summed E-state index contributed by atoms with van der Waals surface area (Å²) in [6.45, 7) is 6.66. The Bertz CT molecular complexity index is 1410. The fourth-order valence-electron chi connectivity index (χ4n) is 4.64. The average Bonchev–Trinajstić information content (AvgIpc) is 3.62. The van der Waals surface area contributed by atoms with Gasteiger partial charge in [0.25, 0.3) is 0 Å². The zero-order valence-electron chi connectivity index (χ0n) is 26.6. The molecule has 0 spiro atoms. The summed E-state index contributed by atoms with van der Waals surface area (Å²) in [6.07, 6.45) is 12.6. The van der Waals surface area contributed by atoms with Crippen molar-refractivity contribution >= 4 is 21.4 Å². The molecule has 18 N–H and O–H groups in total. The van der Waals surface area contributed by atoms with E-state index < -0.39 is 0 Å². The maximum atomic E-state index is 6.01. The Morgan fingerprint density at radius 1 is 0.766 bits per heavy atom. The van der Waals surface area contributed by atoms with Crippen LogP contribution in [0.15, 0.2) is 72.8 Å². The SMILES string of the molecule is C#CC#C.C[C@@H](N)COc1ccc(-c2sc3ccccc3c2Cc2ccc(OCCN3CCCC3)cc2)cc1.O.O.O.O.O.O.O.O. The number of likely N-dealkylation sites (tertiary alicyclic amines) is 1. The lowest BCUT2D eigenvalue weighted by atomic mass is 9.99. The summed E-state index contributed by atoms with van der Waals surface area (Å²) >= 11 is 1.86. The summed E-state index contributed by atoms with van der Waals surface area (Å²) in [5.74, 6) is 5.72. The Morgan fingerprint density at radius 2 is 1.30 bits per heavy atom. The summed E-state index contributed by atoms with van der Waals surface area (Å²) in [6, 6.07) is 25.7. The van der Waals surface area contributed by atoms with E-state index in [0.29, 0.717) is 6.61 Å². The Kier molecular flexibility index (Phi) is 30.2. The van der Waals surface area contributed by atoms with Gasteiger partial charge in [0.2, 0.25) is 0 Å². The number of ether oxygens (including phenoxy) is 2. The Labute approximate surface area is 280 Å². The van der Waals surface area contributed by atoms with E-state index in [9.17, 15) is 0 Å². The number of hydrogen-bond acceptors (Lipinski definition) is 5. The molecule has 0 amide bonds. The van der Waals surface area contributed by atoms with Gasteiger partial charge in [-0.25, -0.2) is 0 Å². The van der Waals surface area contributed by atoms with E-state index in [1.807, 2.05) is 42.2 Å². The van der Waals surface area contributed by atoms with Crippen LogP contribution < -0.4 is 15.2 Å². The molecule has 0 unspecified atom stereocenters. The highest BCUT2D eigenvalue weighted by atomic mass is 32.1. The summed E-state index contributed by atoms with van der Waals surface area (Å²) in [5, 5.41) is 1.33. The lowest BCUT2D eigenvalue weighted by molar-refractivity contribution is 0.238. The average molecular weight is 681 g/mol. The lowest BCUT2D eigenvalue weighted by Gasteiger charge is -2.15. The van der Waals surface area contributed by atoms with Crippen molar-refractivity contribution in [2.75, 3.05) is 32.8 Å². The van der Waals surface area contributed by atoms with Crippen LogP contribution in [0.2, 0.25) is 0 Å². The first-order valence-electron chi connectivity index (χ1n) is 13.4. The van der Waals surface area contributed by atoms with Crippen LogP contribution in [-0.2, 0) is 6.42 Å². The molecule has 264 valence electrons. The highest BCUT2D eigenvalue weighted by Crippen LogP contribution is 2.40. The molecule has 1 aliphatic heterocycles. The fourth-order valence-corrected chi connectivity index (χ4v) is 5.87. The van der Waals surface area contributed by atoms with E-state index in [1.54, 1.807) is 0 Å². The molecule has 13 heteroatoms. The van der Waals surface area contributed by atoms with E-state index in [4.69, 9.17) is 15.2 Å². The lowest BCUT2D eigenvalue weighted by Crippen LogP contribution is -2.25. The minimum absolute atomic E-state index is 0. The van der Waals surface area contributed by atoms with Gasteiger partial charge in [0, 0.05) is 22.2 Å². The van der Waals surface area contributed by atoms with Crippen molar-refractivity contribution in [2.45, 2.75) is 32.2 Å². The summed E-state index contributed by atoms with van der Waals surface area (Å²) in [7, 11) is 0. The van der Waals surface area contributed by atoms with Gasteiger partial charge in [0.1, 0.15) is 24.7 Å². The number of nitrogens with two attached hydrogens (primary N) is 1. The molecule has 47 heavy (non-hydrogen) atoms. The molecule has 0 bridgehead atoms. The normalized spacial score (nSPS) is 11.3. The first-order chi connectivity index (χ1) is 19.1. The van der Waals surface area contributed by atoms with Crippen molar-refractivity contribution < 1.29 is 53.3 Å². The maximum absolute atomic E-state index is 6.01. The molecule has 0 radical (unpaired) electrons. The van der Waals surface area contributed by atoms with Gasteiger partial charge in [-0.2, -0.15) is 0 Å². The topological polar surface area (TPSA) is 300 Å². The number of thiophene rings is 1. The minimum atomic E-state index is 0. The molecule has 1 aliphatic rings. The molecule has 1 aromatic heterocycles. The molecule has 1 saturated heterocycles. The van der Waals surface area contributed by atoms with E-state index in [1.165, 1.54) is 57.6 Å². The zero-order chi connectivity index (χ0) is 27.5. The van der Waals surface area contributed by atoms with Crippen LogP contribution in [0.25, 0.3) is 20.5 Å². The molecule has 2 heterocycles. The Morgan fingerprint density at radius 3 is 1.85 bits per heavy atom. The highest BCUT2D eigenvalue weighted by Gasteiger charge is 2.15. The summed E-state index contributed by atoms with van der Waals surface area (Å²) in [4.78, 5) is 3.80. The quantitative estimate of drug-likeness (QED) is 0.226. The van der Waals surface area contributed by atoms with Crippen LogP contribution in [0.3, 0.4) is 0 Å². The van der Waals surface area contributed by atoms with Crippen molar-refractivity contribution in [2.24, 2.45) is 5.73 Å². The van der Waals surface area contributed by atoms with Gasteiger partial charge in [-0.1, -0.05) is 30.3 Å². The third-order valence-corrected chi connectivity index (χ3v) is 7.85. The third kappa shape index (κ3) is 15.4. The predicted octanol–water partition coefficient (Wildman–Crippen LogP) is 0.0149. The molecule has 12 nitrogen and oxygen atoms in total. The van der Waals surface area contributed by atoms with Crippen molar-refractivity contribution in [3.05, 3.63) is 83.9 Å². The van der Waals surface area contributed by atoms with E-state index in [-0.39, 0.29) is 49.9 Å². The van der Waals surface area contributed by atoms with Crippen molar-refractivity contribution in [1.82, 2.24) is 4.90 Å². The van der Waals surface area contributed by atoms with Crippen molar-refractivity contribution in [1.29, 1.82) is 0 Å². The van der Waals surface area contributed by atoms with Crippen molar-refractivity contribution in [3.8, 4) is 46.6 Å². The number of benzene rings is 3. The standard InChI is InChI=1S/C30H34N2O2S.C4H2.8H2O/c1-22(31)21-34-26-14-10-24(11-15-26)30-28(27-6-2-3-7-29(27)35-30)20-23-8-12-25(13-9-23)33-19-18-32-16-4-5-17-32;1-3-4-2;;;;;;;;/h2-3,6-15,22H,4-5,16-21,31H2,1H3;1-2H;8*1H2/t22-;;;;;;;;;/m1........./s1.